The van der Waals surface area contributed by atoms with Gasteiger partial charge in [0.2, 0.25) is 5.91 Å². The van der Waals surface area contributed by atoms with Crippen LogP contribution in [0.3, 0.4) is 0 Å². The van der Waals surface area contributed by atoms with E-state index < -0.39 is 10.0 Å². The summed E-state index contributed by atoms with van der Waals surface area (Å²) in [6.07, 6.45) is 1.34. The summed E-state index contributed by atoms with van der Waals surface area (Å²) in [5.74, 6) is 0.183. The lowest BCUT2D eigenvalue weighted by atomic mass is 9.98. The molecule has 2 aromatic heterocycles. The number of carbonyl (C=O) groups is 1. The van der Waals surface area contributed by atoms with Crippen LogP contribution < -0.4 is 5.32 Å². The van der Waals surface area contributed by atoms with Gasteiger partial charge in [-0.2, -0.15) is 4.31 Å². The molecule has 6 nitrogen and oxygen atoms in total. The summed E-state index contributed by atoms with van der Waals surface area (Å²) in [5.41, 5.74) is 0.782. The van der Waals surface area contributed by atoms with Crippen molar-refractivity contribution in [3.63, 3.8) is 0 Å². The summed E-state index contributed by atoms with van der Waals surface area (Å²) in [6, 6.07) is 12.7. The van der Waals surface area contributed by atoms with Crippen LogP contribution in [-0.2, 0) is 14.8 Å². The van der Waals surface area contributed by atoms with Crippen LogP contribution in [0.4, 0.5) is 0 Å². The smallest absolute Gasteiger partial charge is 0.252 e. The predicted molar refractivity (Wildman–Crippen MR) is 109 cm³/mol. The first-order valence-corrected chi connectivity index (χ1v) is 11.6. The van der Waals surface area contributed by atoms with Crippen LogP contribution in [0.2, 0.25) is 0 Å². The molecule has 3 heterocycles. The molecule has 3 aromatic rings. The molecule has 0 spiro atoms. The van der Waals surface area contributed by atoms with Crippen LogP contribution in [0.5, 0.6) is 0 Å². The van der Waals surface area contributed by atoms with Gasteiger partial charge in [-0.3, -0.25) is 4.79 Å². The van der Waals surface area contributed by atoms with E-state index in [9.17, 15) is 13.2 Å². The van der Waals surface area contributed by atoms with E-state index >= 15 is 0 Å². The van der Waals surface area contributed by atoms with Crippen molar-refractivity contribution in [3.05, 3.63) is 53.6 Å². The second-order valence-corrected chi connectivity index (χ2v) is 10.2. The third-order valence-electron chi connectivity index (χ3n) is 5.07. The van der Waals surface area contributed by atoms with Crippen molar-refractivity contribution in [1.82, 2.24) is 9.62 Å². The van der Waals surface area contributed by atoms with Crippen molar-refractivity contribution < 1.29 is 17.6 Å². The van der Waals surface area contributed by atoms with Gasteiger partial charge in [-0.15, -0.1) is 11.3 Å². The van der Waals surface area contributed by atoms with Gasteiger partial charge in [-0.1, -0.05) is 24.3 Å². The van der Waals surface area contributed by atoms with Crippen molar-refractivity contribution in [2.45, 2.75) is 30.0 Å². The molecule has 2 atom stereocenters. The van der Waals surface area contributed by atoms with Crippen LogP contribution in [0.1, 0.15) is 31.6 Å². The number of fused-ring (bicyclic) bond motifs is 1. The van der Waals surface area contributed by atoms with Crippen LogP contribution >= 0.6 is 11.3 Å². The number of hydrogen-bond donors (Lipinski definition) is 1. The number of para-hydroxylation sites is 1. The van der Waals surface area contributed by atoms with Gasteiger partial charge in [0.1, 0.15) is 15.6 Å². The Morgan fingerprint density at radius 3 is 2.86 bits per heavy atom. The Labute approximate surface area is 168 Å². The topological polar surface area (TPSA) is 79.6 Å². The molecule has 4 rings (SSSR count). The Bertz CT molecular complexity index is 1040. The van der Waals surface area contributed by atoms with E-state index in [4.69, 9.17) is 4.42 Å². The fraction of sp³-hybridized carbons (Fsp3) is 0.350. The maximum Gasteiger partial charge on any atom is 0.252 e. The SMILES string of the molecule is C[C@H](NC(=O)[C@@H]1CCCN(S(=O)(=O)c2cccs2)C1)c1cc2ccccc2o1. The number of rotatable bonds is 5. The van der Waals surface area contributed by atoms with Gasteiger partial charge in [0.05, 0.1) is 12.0 Å². The first-order chi connectivity index (χ1) is 13.4. The molecule has 1 saturated heterocycles. The van der Waals surface area contributed by atoms with Crippen LogP contribution in [0, 0.1) is 5.92 Å². The van der Waals surface area contributed by atoms with Gasteiger partial charge in [0, 0.05) is 18.5 Å². The molecule has 0 saturated carbocycles. The predicted octanol–water partition coefficient (Wildman–Crippen LogP) is 3.77. The van der Waals surface area contributed by atoms with E-state index in [0.29, 0.717) is 29.4 Å². The zero-order chi connectivity index (χ0) is 19.7. The average Bonchev–Trinajstić information content (AvgIpc) is 3.38. The Kier molecular flexibility index (Phi) is 5.27. The second-order valence-electron chi connectivity index (χ2n) is 7.05. The largest absolute Gasteiger partial charge is 0.459 e. The molecule has 1 aromatic carbocycles. The van der Waals surface area contributed by atoms with Crippen molar-refractivity contribution in [3.8, 4) is 0 Å². The number of nitrogens with zero attached hydrogens (tertiary/aromatic N) is 1. The standard InChI is InChI=1S/C20H22N2O4S2/c1-14(18-12-15-6-2-3-8-17(15)26-18)21-20(23)16-7-4-10-22(13-16)28(24,25)19-9-5-11-27-19/h2-3,5-6,8-9,11-12,14,16H,4,7,10,13H2,1H3,(H,21,23)/t14-,16+/m0/s1. The summed E-state index contributed by atoms with van der Waals surface area (Å²) in [7, 11) is -3.53. The molecule has 1 aliphatic heterocycles. The first-order valence-electron chi connectivity index (χ1n) is 9.27. The monoisotopic (exact) mass is 418 g/mol. The van der Waals surface area contributed by atoms with E-state index in [-0.39, 0.29) is 24.4 Å². The van der Waals surface area contributed by atoms with Gasteiger partial charge in [-0.05, 0) is 43.3 Å². The molecule has 1 amide bonds. The summed E-state index contributed by atoms with van der Waals surface area (Å²) < 4.78 is 33.1. The van der Waals surface area contributed by atoms with Gasteiger partial charge in [-0.25, -0.2) is 8.42 Å². The molecule has 1 fully saturated rings. The lowest BCUT2D eigenvalue weighted by Gasteiger charge is -2.31. The van der Waals surface area contributed by atoms with Gasteiger partial charge >= 0.3 is 0 Å². The summed E-state index contributed by atoms with van der Waals surface area (Å²) >= 11 is 1.20. The van der Waals surface area contributed by atoms with Crippen molar-refractivity contribution >= 4 is 38.2 Å². The Morgan fingerprint density at radius 1 is 1.29 bits per heavy atom. The van der Waals surface area contributed by atoms with E-state index in [0.717, 1.165) is 11.0 Å². The highest BCUT2D eigenvalue weighted by Gasteiger charge is 2.34. The highest BCUT2D eigenvalue weighted by molar-refractivity contribution is 7.91. The summed E-state index contributed by atoms with van der Waals surface area (Å²) in [4.78, 5) is 12.8. The molecular formula is C20H22N2O4S2. The fourth-order valence-corrected chi connectivity index (χ4v) is 6.20. The number of thiophene rings is 1. The maximum absolute atomic E-state index is 12.8. The molecule has 0 radical (unpaired) electrons. The molecule has 1 N–H and O–H groups in total. The minimum absolute atomic E-state index is 0.140. The van der Waals surface area contributed by atoms with Crippen LogP contribution in [0.25, 0.3) is 11.0 Å². The normalized spacial score (nSPS) is 19.5. The third kappa shape index (κ3) is 3.72. The number of sulfonamides is 1. The van der Waals surface area contributed by atoms with Crippen LogP contribution in [0.15, 0.2) is 56.5 Å². The average molecular weight is 419 g/mol. The molecular weight excluding hydrogens is 396 g/mol. The van der Waals surface area contributed by atoms with Crippen LogP contribution in [-0.4, -0.2) is 31.7 Å². The number of hydrogen-bond acceptors (Lipinski definition) is 5. The molecule has 0 bridgehead atoms. The number of nitrogens with one attached hydrogen (secondary N) is 1. The lowest BCUT2D eigenvalue weighted by Crippen LogP contribution is -2.45. The number of furan rings is 1. The van der Waals surface area contributed by atoms with E-state index in [1.165, 1.54) is 15.6 Å². The van der Waals surface area contributed by atoms with Crippen molar-refractivity contribution in [2.24, 2.45) is 5.92 Å². The minimum Gasteiger partial charge on any atom is -0.459 e. The lowest BCUT2D eigenvalue weighted by molar-refractivity contribution is -0.126. The fourth-order valence-electron chi connectivity index (χ4n) is 3.53. The molecule has 0 unspecified atom stereocenters. The zero-order valence-corrected chi connectivity index (χ0v) is 17.1. The highest BCUT2D eigenvalue weighted by atomic mass is 32.2. The Hall–Kier alpha value is -2.16. The molecule has 1 aliphatic rings. The molecule has 28 heavy (non-hydrogen) atoms. The third-order valence-corrected chi connectivity index (χ3v) is 8.31. The minimum atomic E-state index is -3.53. The van der Waals surface area contributed by atoms with Gasteiger partial charge < -0.3 is 9.73 Å². The molecule has 148 valence electrons. The number of piperidine rings is 1. The zero-order valence-electron chi connectivity index (χ0n) is 15.5. The van der Waals surface area contributed by atoms with Crippen molar-refractivity contribution in [2.75, 3.05) is 13.1 Å². The summed E-state index contributed by atoms with van der Waals surface area (Å²) in [6.45, 7) is 2.53. The van der Waals surface area contributed by atoms with Gasteiger partial charge in [0.15, 0.2) is 0 Å². The second kappa shape index (κ2) is 7.69. The quantitative estimate of drug-likeness (QED) is 0.684. The number of amides is 1. The number of benzene rings is 1. The number of carbonyl (C=O) groups excluding carboxylic acids is 1. The highest BCUT2D eigenvalue weighted by Crippen LogP contribution is 2.28. The van der Waals surface area contributed by atoms with E-state index in [1.54, 1.807) is 17.5 Å². The first kappa shape index (κ1) is 19.2. The molecule has 8 heteroatoms. The Morgan fingerprint density at radius 2 is 2.11 bits per heavy atom. The maximum atomic E-state index is 12.8. The Balaban J connectivity index is 1.44. The van der Waals surface area contributed by atoms with Gasteiger partial charge in [0.25, 0.3) is 10.0 Å². The molecule has 0 aliphatic carbocycles. The van der Waals surface area contributed by atoms with Crippen molar-refractivity contribution in [1.29, 1.82) is 0 Å². The van der Waals surface area contributed by atoms with E-state index in [1.807, 2.05) is 37.3 Å². The van der Waals surface area contributed by atoms with E-state index in [2.05, 4.69) is 5.32 Å². The summed E-state index contributed by atoms with van der Waals surface area (Å²) in [5, 5.41) is 5.72.